The van der Waals surface area contributed by atoms with Crippen molar-refractivity contribution >= 4 is 6.08 Å². The van der Waals surface area contributed by atoms with Gasteiger partial charge in [0.1, 0.15) is 0 Å². The highest BCUT2D eigenvalue weighted by Gasteiger charge is 1.84. The van der Waals surface area contributed by atoms with Gasteiger partial charge in [-0.2, -0.15) is 0 Å². The van der Waals surface area contributed by atoms with Gasteiger partial charge < -0.3 is 0 Å². The molecule has 0 saturated carbocycles. The van der Waals surface area contributed by atoms with Crippen molar-refractivity contribution < 1.29 is 0 Å². The van der Waals surface area contributed by atoms with E-state index in [1.807, 2.05) is 48.6 Å². The van der Waals surface area contributed by atoms with E-state index in [1.165, 1.54) is 5.56 Å². The van der Waals surface area contributed by atoms with Crippen LogP contribution in [-0.2, 0) is 0 Å². The van der Waals surface area contributed by atoms with Crippen molar-refractivity contribution in [1.29, 1.82) is 0 Å². The Morgan fingerprint density at radius 1 is 1.12 bits per heavy atom. The summed E-state index contributed by atoms with van der Waals surface area (Å²) in [5, 5.41) is 0. The van der Waals surface area contributed by atoms with Crippen molar-refractivity contribution in [2.75, 3.05) is 0 Å². The Morgan fingerprint density at radius 2 is 1.75 bits per heavy atom. The van der Waals surface area contributed by atoms with Crippen LogP contribution in [0.2, 0.25) is 0 Å². The van der Waals surface area contributed by atoms with Gasteiger partial charge in [0, 0.05) is 0 Å². The van der Waals surface area contributed by atoms with Crippen LogP contribution in [0.25, 0.3) is 6.08 Å². The number of hydrogen-bond acceptors (Lipinski definition) is 0. The van der Waals surface area contributed by atoms with Crippen LogP contribution in [0.15, 0.2) is 61.7 Å². The second-order valence-corrected chi connectivity index (χ2v) is 3.91. The van der Waals surface area contributed by atoms with Crippen LogP contribution in [0.1, 0.15) is 25.8 Å². The summed E-state index contributed by atoms with van der Waals surface area (Å²) in [6.45, 7) is 11.6. The van der Waals surface area contributed by atoms with Gasteiger partial charge in [0.05, 0.1) is 0 Å². The fraction of sp³-hybridized carbons (Fsp3) is 0.250. The van der Waals surface area contributed by atoms with Crippen molar-refractivity contribution in [1.82, 2.24) is 0 Å². The highest BCUT2D eigenvalue weighted by molar-refractivity contribution is 5.45. The fourth-order valence-electron chi connectivity index (χ4n) is 1.04. The number of hydrogen-bond donors (Lipinski definition) is 0. The maximum Gasteiger partial charge on any atom is -0.0263 e. The molecule has 1 rings (SSSR count). The molecule has 1 aromatic rings. The molecule has 0 saturated heterocycles. The van der Waals surface area contributed by atoms with Crippen molar-refractivity contribution in [2.24, 2.45) is 5.92 Å². The first-order valence-corrected chi connectivity index (χ1v) is 5.65. The molecule has 0 radical (unpaired) electrons. The minimum Gasteiger partial charge on any atom is -0.0991 e. The lowest BCUT2D eigenvalue weighted by atomic mass is 10.1. The maximum absolute atomic E-state index is 3.63. The predicted octanol–water partition coefficient (Wildman–Crippen LogP) is 5.10. The predicted molar refractivity (Wildman–Crippen MR) is 75.3 cm³/mol. The largest absolute Gasteiger partial charge is 0.0991 e. The maximum atomic E-state index is 3.63. The van der Waals surface area contributed by atoms with E-state index >= 15 is 0 Å². The Hall–Kier alpha value is -1.56. The van der Waals surface area contributed by atoms with E-state index in [1.54, 1.807) is 0 Å². The molecule has 86 valence electrons. The molecule has 0 atom stereocenters. The van der Waals surface area contributed by atoms with E-state index < -0.39 is 0 Å². The highest BCUT2D eigenvalue weighted by Crippen LogP contribution is 1.99. The third-order valence-electron chi connectivity index (χ3n) is 1.91. The zero-order valence-corrected chi connectivity index (χ0v) is 10.4. The Kier molecular flexibility index (Phi) is 9.00. The van der Waals surface area contributed by atoms with E-state index in [2.05, 4.69) is 33.1 Å². The molecule has 0 amide bonds. The monoisotopic (exact) mass is 214 g/mol. The standard InChI is InChI=1S/C8H8.C8H14/c1-2-8-6-4-3-5-7-8;1-4-5-6-7-8(2)3/h2-7H,1H2;4-6,8H,1,7H2,2-3H3. The molecule has 0 N–H and O–H groups in total. The molecule has 0 aliphatic heterocycles. The lowest BCUT2D eigenvalue weighted by molar-refractivity contribution is 0.664. The Bertz CT molecular complexity index is 304. The molecule has 0 heteroatoms. The summed E-state index contributed by atoms with van der Waals surface area (Å²) in [4.78, 5) is 0. The first-order chi connectivity index (χ1) is 7.70. The van der Waals surface area contributed by atoms with Crippen LogP contribution in [0.4, 0.5) is 0 Å². The molecule has 0 nitrogen and oxygen atoms in total. The van der Waals surface area contributed by atoms with Crippen LogP contribution in [-0.4, -0.2) is 0 Å². The van der Waals surface area contributed by atoms with Gasteiger partial charge in [-0.3, -0.25) is 0 Å². The molecule has 0 heterocycles. The lowest BCUT2D eigenvalue weighted by Gasteiger charge is -1.93. The number of benzene rings is 1. The molecule has 0 fully saturated rings. The highest BCUT2D eigenvalue weighted by atomic mass is 13.9. The summed E-state index contributed by atoms with van der Waals surface area (Å²) in [6.07, 6.45) is 8.92. The zero-order chi connectivity index (χ0) is 12.2. The molecule has 16 heavy (non-hydrogen) atoms. The minimum atomic E-state index is 0.770. The summed E-state index contributed by atoms with van der Waals surface area (Å²) in [5.74, 6) is 0.770. The van der Waals surface area contributed by atoms with E-state index in [4.69, 9.17) is 0 Å². The molecular weight excluding hydrogens is 192 g/mol. The molecule has 0 bridgehead atoms. The second kappa shape index (κ2) is 9.97. The van der Waals surface area contributed by atoms with Crippen molar-refractivity contribution in [3.63, 3.8) is 0 Å². The quantitative estimate of drug-likeness (QED) is 0.611. The SMILES string of the molecule is C=CC=CCC(C)C.C=Cc1ccccc1. The lowest BCUT2D eigenvalue weighted by Crippen LogP contribution is -1.79. The van der Waals surface area contributed by atoms with E-state index in [0.29, 0.717) is 0 Å². The molecule has 1 aromatic carbocycles. The minimum absolute atomic E-state index is 0.770. The molecule has 0 unspecified atom stereocenters. The normalized spacial score (nSPS) is 9.69. The van der Waals surface area contributed by atoms with Gasteiger partial charge in [-0.15, -0.1) is 0 Å². The van der Waals surface area contributed by atoms with Crippen LogP contribution in [0.3, 0.4) is 0 Å². The topological polar surface area (TPSA) is 0 Å². The first-order valence-electron chi connectivity index (χ1n) is 5.65. The molecule has 0 aromatic heterocycles. The van der Waals surface area contributed by atoms with Crippen molar-refractivity contribution in [3.8, 4) is 0 Å². The van der Waals surface area contributed by atoms with E-state index in [-0.39, 0.29) is 0 Å². The number of allylic oxidation sites excluding steroid dienone is 3. The van der Waals surface area contributed by atoms with Crippen LogP contribution < -0.4 is 0 Å². The summed E-state index contributed by atoms with van der Waals surface area (Å²) in [6, 6.07) is 10.0. The van der Waals surface area contributed by atoms with Gasteiger partial charge in [0.15, 0.2) is 0 Å². The van der Waals surface area contributed by atoms with Gasteiger partial charge in [-0.25, -0.2) is 0 Å². The molecule has 0 aliphatic rings. The van der Waals surface area contributed by atoms with Crippen LogP contribution in [0, 0.1) is 5.92 Å². The fourth-order valence-corrected chi connectivity index (χ4v) is 1.04. The van der Waals surface area contributed by atoms with Crippen molar-refractivity contribution in [3.05, 3.63) is 67.3 Å². The van der Waals surface area contributed by atoms with Crippen LogP contribution in [0.5, 0.6) is 0 Å². The van der Waals surface area contributed by atoms with Gasteiger partial charge in [0.2, 0.25) is 0 Å². The summed E-state index contributed by atoms with van der Waals surface area (Å²) >= 11 is 0. The Morgan fingerprint density at radius 3 is 2.12 bits per heavy atom. The zero-order valence-electron chi connectivity index (χ0n) is 10.4. The molecule has 0 aliphatic carbocycles. The van der Waals surface area contributed by atoms with E-state index in [9.17, 15) is 0 Å². The third-order valence-corrected chi connectivity index (χ3v) is 1.91. The summed E-state index contributed by atoms with van der Waals surface area (Å²) < 4.78 is 0. The second-order valence-electron chi connectivity index (χ2n) is 3.91. The number of rotatable bonds is 4. The van der Waals surface area contributed by atoms with Gasteiger partial charge >= 0.3 is 0 Å². The average Bonchev–Trinajstić information content (AvgIpc) is 2.31. The Balaban J connectivity index is 0.000000281. The molecular formula is C16H22. The smallest absolute Gasteiger partial charge is 0.0263 e. The molecule has 0 spiro atoms. The van der Waals surface area contributed by atoms with Gasteiger partial charge in [-0.1, -0.05) is 81.6 Å². The summed E-state index contributed by atoms with van der Waals surface area (Å²) in [7, 11) is 0. The average molecular weight is 214 g/mol. The van der Waals surface area contributed by atoms with Crippen molar-refractivity contribution in [2.45, 2.75) is 20.3 Å². The Labute approximate surface area is 100 Å². The van der Waals surface area contributed by atoms with E-state index in [0.717, 1.165) is 12.3 Å². The van der Waals surface area contributed by atoms with Crippen LogP contribution >= 0.6 is 0 Å². The summed E-state index contributed by atoms with van der Waals surface area (Å²) in [5.41, 5.74) is 1.17. The van der Waals surface area contributed by atoms with Gasteiger partial charge in [-0.05, 0) is 17.9 Å². The first kappa shape index (κ1) is 14.4. The third kappa shape index (κ3) is 9.01. The van der Waals surface area contributed by atoms with Gasteiger partial charge in [0.25, 0.3) is 0 Å².